The van der Waals surface area contributed by atoms with Crippen molar-refractivity contribution in [2.75, 3.05) is 30.0 Å². The summed E-state index contributed by atoms with van der Waals surface area (Å²) in [5.74, 6) is -1.70. The van der Waals surface area contributed by atoms with Crippen molar-refractivity contribution in [2.45, 2.75) is 26.8 Å². The summed E-state index contributed by atoms with van der Waals surface area (Å²) in [4.78, 5) is 30.2. The van der Waals surface area contributed by atoms with Gasteiger partial charge in [-0.3, -0.25) is 14.5 Å². The normalized spacial score (nSPS) is 16.9. The molecule has 1 unspecified atom stereocenters. The van der Waals surface area contributed by atoms with Crippen LogP contribution in [-0.2, 0) is 9.59 Å². The fourth-order valence-electron chi connectivity index (χ4n) is 4.56. The van der Waals surface area contributed by atoms with Crippen molar-refractivity contribution >= 4 is 28.8 Å². The van der Waals surface area contributed by atoms with Gasteiger partial charge in [0.05, 0.1) is 18.7 Å². The standard InChI is InChI=1S/C29H29FN2O4/c1-5-31(6-2)21-10-12-22(13-11-21)32-26(19-7-14-23(36-4)15-8-19)25(28(34)29(32)35)27(33)20-9-16-24(30)18(3)17-20/h7-17,26,33H,5-6H2,1-4H3/b27-25-. The lowest BCUT2D eigenvalue weighted by molar-refractivity contribution is -0.132. The summed E-state index contributed by atoms with van der Waals surface area (Å²) < 4.78 is 19.1. The maximum atomic E-state index is 13.9. The molecular weight excluding hydrogens is 459 g/mol. The van der Waals surface area contributed by atoms with E-state index >= 15 is 0 Å². The molecule has 1 fully saturated rings. The molecule has 3 aromatic rings. The predicted molar refractivity (Wildman–Crippen MR) is 139 cm³/mol. The highest BCUT2D eigenvalue weighted by Gasteiger charge is 2.47. The Balaban J connectivity index is 1.88. The number of amides is 1. The van der Waals surface area contributed by atoms with Crippen LogP contribution < -0.4 is 14.5 Å². The van der Waals surface area contributed by atoms with Crippen molar-refractivity contribution in [1.82, 2.24) is 0 Å². The first-order valence-electron chi connectivity index (χ1n) is 11.9. The molecular formula is C29H29FN2O4. The number of methoxy groups -OCH3 is 1. The number of aryl methyl sites for hydroxylation is 1. The minimum atomic E-state index is -0.874. The molecule has 7 heteroatoms. The van der Waals surface area contributed by atoms with Gasteiger partial charge in [0.15, 0.2) is 0 Å². The van der Waals surface area contributed by atoms with E-state index in [-0.39, 0.29) is 16.9 Å². The van der Waals surface area contributed by atoms with E-state index in [1.807, 2.05) is 12.1 Å². The molecule has 1 N–H and O–H groups in total. The third-order valence-electron chi connectivity index (χ3n) is 6.56. The summed E-state index contributed by atoms with van der Waals surface area (Å²) in [5.41, 5.74) is 2.70. The maximum absolute atomic E-state index is 13.9. The Labute approximate surface area is 210 Å². The Morgan fingerprint density at radius 2 is 1.64 bits per heavy atom. The second kappa shape index (κ2) is 10.2. The second-order valence-electron chi connectivity index (χ2n) is 8.59. The number of ketones is 1. The van der Waals surface area contributed by atoms with E-state index in [9.17, 15) is 19.1 Å². The van der Waals surface area contributed by atoms with Gasteiger partial charge >= 0.3 is 0 Å². The zero-order chi connectivity index (χ0) is 26.0. The minimum Gasteiger partial charge on any atom is -0.507 e. The number of carbonyl (C=O) groups is 2. The molecule has 1 aliphatic heterocycles. The Morgan fingerprint density at radius 1 is 1.00 bits per heavy atom. The molecule has 3 aromatic carbocycles. The van der Waals surface area contributed by atoms with Gasteiger partial charge in [0.1, 0.15) is 17.3 Å². The maximum Gasteiger partial charge on any atom is 0.300 e. The van der Waals surface area contributed by atoms with Crippen LogP contribution in [0.15, 0.2) is 72.3 Å². The Hall–Kier alpha value is -4.13. The lowest BCUT2D eigenvalue weighted by Crippen LogP contribution is -2.29. The molecule has 1 atom stereocenters. The number of carbonyl (C=O) groups excluding carboxylic acids is 2. The van der Waals surface area contributed by atoms with Gasteiger partial charge in [-0.25, -0.2) is 4.39 Å². The number of aliphatic hydroxyl groups excluding tert-OH is 1. The van der Waals surface area contributed by atoms with Crippen LogP contribution in [0.4, 0.5) is 15.8 Å². The van der Waals surface area contributed by atoms with E-state index in [1.54, 1.807) is 50.4 Å². The van der Waals surface area contributed by atoms with Crippen LogP contribution >= 0.6 is 0 Å². The zero-order valence-electron chi connectivity index (χ0n) is 20.8. The number of aliphatic hydroxyl groups is 1. The highest BCUT2D eigenvalue weighted by Crippen LogP contribution is 2.43. The quantitative estimate of drug-likeness (QED) is 0.266. The molecule has 6 nitrogen and oxygen atoms in total. The van der Waals surface area contributed by atoms with Crippen LogP contribution in [0.1, 0.15) is 36.6 Å². The van der Waals surface area contributed by atoms with Crippen molar-refractivity contribution in [1.29, 1.82) is 0 Å². The Morgan fingerprint density at radius 3 is 2.19 bits per heavy atom. The van der Waals surface area contributed by atoms with E-state index in [1.165, 1.54) is 23.1 Å². The molecule has 1 amide bonds. The van der Waals surface area contributed by atoms with E-state index in [2.05, 4.69) is 18.7 Å². The van der Waals surface area contributed by atoms with Gasteiger partial charge in [-0.1, -0.05) is 12.1 Å². The van der Waals surface area contributed by atoms with Gasteiger partial charge in [-0.2, -0.15) is 0 Å². The molecule has 0 spiro atoms. The molecule has 0 aromatic heterocycles. The summed E-state index contributed by atoms with van der Waals surface area (Å²) >= 11 is 0. The lowest BCUT2D eigenvalue weighted by atomic mass is 9.94. The van der Waals surface area contributed by atoms with Crippen molar-refractivity contribution in [3.8, 4) is 5.75 Å². The van der Waals surface area contributed by atoms with Gasteiger partial charge in [0.25, 0.3) is 11.7 Å². The fourth-order valence-corrected chi connectivity index (χ4v) is 4.56. The number of hydrogen-bond donors (Lipinski definition) is 1. The molecule has 0 bridgehead atoms. The molecule has 36 heavy (non-hydrogen) atoms. The van der Waals surface area contributed by atoms with E-state index < -0.39 is 23.5 Å². The van der Waals surface area contributed by atoms with Crippen LogP contribution in [0, 0.1) is 12.7 Å². The summed E-state index contributed by atoms with van der Waals surface area (Å²) in [5, 5.41) is 11.2. The van der Waals surface area contributed by atoms with Crippen LogP contribution in [0.3, 0.4) is 0 Å². The zero-order valence-corrected chi connectivity index (χ0v) is 20.8. The highest BCUT2D eigenvalue weighted by atomic mass is 19.1. The smallest absolute Gasteiger partial charge is 0.300 e. The van der Waals surface area contributed by atoms with Crippen molar-refractivity contribution in [3.63, 3.8) is 0 Å². The molecule has 1 saturated heterocycles. The molecule has 1 aliphatic rings. The predicted octanol–water partition coefficient (Wildman–Crippen LogP) is 5.62. The number of nitrogens with zero attached hydrogens (tertiary/aromatic N) is 2. The topological polar surface area (TPSA) is 70.1 Å². The number of rotatable bonds is 7. The SMILES string of the molecule is CCN(CC)c1ccc(N2C(=O)C(=O)/C(=C(\O)c3ccc(F)c(C)c3)C2c2ccc(OC)cc2)cc1. The second-order valence-corrected chi connectivity index (χ2v) is 8.59. The molecule has 1 heterocycles. The van der Waals surface area contributed by atoms with Crippen molar-refractivity contribution < 1.29 is 23.8 Å². The number of benzene rings is 3. The molecule has 0 saturated carbocycles. The highest BCUT2D eigenvalue weighted by molar-refractivity contribution is 6.51. The summed E-state index contributed by atoms with van der Waals surface area (Å²) in [6.45, 7) is 7.38. The first kappa shape index (κ1) is 25.0. The summed E-state index contributed by atoms with van der Waals surface area (Å²) in [7, 11) is 1.55. The number of hydrogen-bond acceptors (Lipinski definition) is 5. The van der Waals surface area contributed by atoms with Crippen LogP contribution in [0.2, 0.25) is 0 Å². The first-order chi connectivity index (χ1) is 17.3. The third-order valence-corrected chi connectivity index (χ3v) is 6.56. The molecule has 186 valence electrons. The number of ether oxygens (including phenoxy) is 1. The lowest BCUT2D eigenvalue weighted by Gasteiger charge is -2.27. The monoisotopic (exact) mass is 488 g/mol. The Kier molecular flexibility index (Phi) is 7.10. The fraction of sp³-hybridized carbons (Fsp3) is 0.241. The molecule has 0 radical (unpaired) electrons. The summed E-state index contributed by atoms with van der Waals surface area (Å²) in [6.07, 6.45) is 0. The van der Waals surface area contributed by atoms with Crippen molar-refractivity contribution in [3.05, 3.63) is 94.8 Å². The average molecular weight is 489 g/mol. The molecule has 4 rings (SSSR count). The van der Waals surface area contributed by atoms with Gasteiger partial charge < -0.3 is 14.7 Å². The van der Waals surface area contributed by atoms with Crippen LogP contribution in [-0.4, -0.2) is 37.0 Å². The average Bonchev–Trinajstić information content (AvgIpc) is 3.16. The van der Waals surface area contributed by atoms with Gasteiger partial charge in [0, 0.05) is 30.0 Å². The van der Waals surface area contributed by atoms with Gasteiger partial charge in [-0.15, -0.1) is 0 Å². The summed E-state index contributed by atoms with van der Waals surface area (Å²) in [6, 6.07) is 17.6. The number of anilines is 2. The van der Waals surface area contributed by atoms with Crippen LogP contribution in [0.5, 0.6) is 5.75 Å². The van der Waals surface area contributed by atoms with Gasteiger partial charge in [-0.05, 0) is 86.5 Å². The first-order valence-corrected chi connectivity index (χ1v) is 11.9. The van der Waals surface area contributed by atoms with E-state index in [4.69, 9.17) is 4.74 Å². The van der Waals surface area contributed by atoms with Crippen LogP contribution in [0.25, 0.3) is 5.76 Å². The largest absolute Gasteiger partial charge is 0.507 e. The minimum absolute atomic E-state index is 0.0519. The Bertz CT molecular complexity index is 1310. The van der Waals surface area contributed by atoms with Crippen molar-refractivity contribution in [2.24, 2.45) is 0 Å². The number of halogens is 1. The van der Waals surface area contributed by atoms with E-state index in [0.717, 1.165) is 18.8 Å². The molecule has 0 aliphatic carbocycles. The third kappa shape index (κ3) is 4.44. The number of Topliss-reactive ketones (excluding diaryl/α,β-unsaturated/α-hetero) is 1. The van der Waals surface area contributed by atoms with E-state index in [0.29, 0.717) is 22.6 Å². The van der Waals surface area contributed by atoms with Gasteiger partial charge in [0.2, 0.25) is 0 Å².